The standard InChI is InChI=1S/C19H21N/c1-3-18(20-19-12-8-5-9-13-19)15-14-16(2)17-10-6-4-7-11-17/h3-16,20H,1-2H3/b15-14-,18-3+. The molecule has 0 aromatic heterocycles. The monoisotopic (exact) mass is 263 g/mol. The first-order valence-electron chi connectivity index (χ1n) is 7.01. The van der Waals surface area contributed by atoms with Crippen LogP contribution >= 0.6 is 0 Å². The van der Waals surface area contributed by atoms with Gasteiger partial charge in [0.2, 0.25) is 0 Å². The molecule has 2 aromatic carbocycles. The van der Waals surface area contributed by atoms with Crippen molar-refractivity contribution in [2.45, 2.75) is 19.8 Å². The highest BCUT2D eigenvalue weighted by atomic mass is 14.9. The molecule has 0 fully saturated rings. The van der Waals surface area contributed by atoms with Crippen LogP contribution in [0.1, 0.15) is 25.3 Å². The van der Waals surface area contributed by atoms with Gasteiger partial charge in [-0.3, -0.25) is 0 Å². The van der Waals surface area contributed by atoms with Gasteiger partial charge < -0.3 is 5.32 Å². The van der Waals surface area contributed by atoms with Gasteiger partial charge in [0.1, 0.15) is 0 Å². The molecule has 0 spiro atoms. The zero-order chi connectivity index (χ0) is 14.2. The van der Waals surface area contributed by atoms with Crippen LogP contribution in [0.25, 0.3) is 0 Å². The summed E-state index contributed by atoms with van der Waals surface area (Å²) in [5.41, 5.74) is 3.55. The second kappa shape index (κ2) is 7.34. The number of hydrogen-bond donors (Lipinski definition) is 1. The Balaban J connectivity index is 2.02. The molecule has 1 atom stereocenters. The van der Waals surface area contributed by atoms with Crippen molar-refractivity contribution in [2.75, 3.05) is 5.32 Å². The minimum atomic E-state index is 0.406. The molecule has 1 unspecified atom stereocenters. The van der Waals surface area contributed by atoms with E-state index >= 15 is 0 Å². The third-order valence-electron chi connectivity index (χ3n) is 3.26. The molecule has 102 valence electrons. The van der Waals surface area contributed by atoms with Gasteiger partial charge in [0.05, 0.1) is 0 Å². The lowest BCUT2D eigenvalue weighted by Gasteiger charge is -2.09. The van der Waals surface area contributed by atoms with Gasteiger partial charge in [-0.1, -0.05) is 67.6 Å². The van der Waals surface area contributed by atoms with Gasteiger partial charge in [-0.15, -0.1) is 0 Å². The molecule has 0 aliphatic heterocycles. The van der Waals surface area contributed by atoms with E-state index in [0.29, 0.717) is 5.92 Å². The predicted molar refractivity (Wildman–Crippen MR) is 87.8 cm³/mol. The average Bonchev–Trinajstić information content (AvgIpc) is 2.53. The Hall–Kier alpha value is -2.28. The number of benzene rings is 2. The largest absolute Gasteiger partial charge is 0.356 e. The minimum Gasteiger partial charge on any atom is -0.356 e. The van der Waals surface area contributed by atoms with Crippen molar-refractivity contribution in [3.05, 3.63) is 90.2 Å². The normalized spacial score (nSPS) is 13.4. The Morgan fingerprint density at radius 3 is 2.15 bits per heavy atom. The molecule has 20 heavy (non-hydrogen) atoms. The highest BCUT2D eigenvalue weighted by Gasteiger charge is 2.00. The summed E-state index contributed by atoms with van der Waals surface area (Å²) < 4.78 is 0. The molecule has 1 N–H and O–H groups in total. The quantitative estimate of drug-likeness (QED) is 0.716. The Morgan fingerprint density at radius 1 is 0.950 bits per heavy atom. The summed E-state index contributed by atoms with van der Waals surface area (Å²) in [6.07, 6.45) is 6.45. The molecule has 1 heteroatoms. The SMILES string of the molecule is C/C=C(\C=C/C(C)c1ccccc1)Nc1ccccc1. The van der Waals surface area contributed by atoms with E-state index in [2.05, 4.69) is 66.9 Å². The number of hydrogen-bond acceptors (Lipinski definition) is 1. The topological polar surface area (TPSA) is 12.0 Å². The van der Waals surface area contributed by atoms with Gasteiger partial charge in [-0.2, -0.15) is 0 Å². The van der Waals surface area contributed by atoms with Crippen LogP contribution in [-0.2, 0) is 0 Å². The minimum absolute atomic E-state index is 0.406. The van der Waals surface area contributed by atoms with Crippen LogP contribution in [0.2, 0.25) is 0 Å². The fourth-order valence-corrected chi connectivity index (χ4v) is 2.01. The van der Waals surface area contributed by atoms with Crippen molar-refractivity contribution in [1.82, 2.24) is 0 Å². The Bertz CT molecular complexity index is 567. The first-order valence-corrected chi connectivity index (χ1v) is 7.01. The summed E-state index contributed by atoms with van der Waals surface area (Å²) >= 11 is 0. The third kappa shape index (κ3) is 4.13. The maximum Gasteiger partial charge on any atom is 0.0384 e. The molecule has 0 amide bonds. The second-order valence-corrected chi connectivity index (χ2v) is 4.79. The Labute approximate surface area is 121 Å². The molecule has 0 heterocycles. The molecule has 0 aliphatic rings. The van der Waals surface area contributed by atoms with Crippen LogP contribution < -0.4 is 5.32 Å². The number of rotatable bonds is 5. The van der Waals surface area contributed by atoms with E-state index in [-0.39, 0.29) is 0 Å². The van der Waals surface area contributed by atoms with Crippen LogP contribution in [-0.4, -0.2) is 0 Å². The number of allylic oxidation sites excluding steroid dienone is 3. The predicted octanol–water partition coefficient (Wildman–Crippen LogP) is 5.36. The van der Waals surface area contributed by atoms with Crippen molar-refractivity contribution < 1.29 is 0 Å². The first-order chi connectivity index (χ1) is 9.79. The number of anilines is 1. The van der Waals surface area contributed by atoms with Crippen molar-refractivity contribution in [3.63, 3.8) is 0 Å². The van der Waals surface area contributed by atoms with E-state index in [1.807, 2.05) is 31.2 Å². The van der Waals surface area contributed by atoms with Crippen LogP contribution in [0.3, 0.4) is 0 Å². The molecule has 0 radical (unpaired) electrons. The molecule has 2 aromatic rings. The first kappa shape index (κ1) is 14.1. The molecule has 0 saturated heterocycles. The summed E-state index contributed by atoms with van der Waals surface area (Å²) in [6, 6.07) is 20.8. The van der Waals surface area contributed by atoms with E-state index in [0.717, 1.165) is 11.4 Å². The Kier molecular flexibility index (Phi) is 5.19. The summed E-state index contributed by atoms with van der Waals surface area (Å²) in [7, 11) is 0. The van der Waals surface area contributed by atoms with Gasteiger partial charge in [0, 0.05) is 11.4 Å². The highest BCUT2D eigenvalue weighted by Crippen LogP contribution is 2.17. The lowest BCUT2D eigenvalue weighted by Crippen LogP contribution is -1.97. The molecule has 0 bridgehead atoms. The van der Waals surface area contributed by atoms with Crippen molar-refractivity contribution in [3.8, 4) is 0 Å². The molecule has 0 aliphatic carbocycles. The molecule has 1 nitrogen and oxygen atoms in total. The fourth-order valence-electron chi connectivity index (χ4n) is 2.01. The van der Waals surface area contributed by atoms with E-state index in [1.54, 1.807) is 0 Å². The maximum atomic E-state index is 3.41. The number of para-hydroxylation sites is 1. The van der Waals surface area contributed by atoms with Gasteiger partial charge in [-0.05, 0) is 36.6 Å². The smallest absolute Gasteiger partial charge is 0.0384 e. The third-order valence-corrected chi connectivity index (χ3v) is 3.26. The summed E-state index contributed by atoms with van der Waals surface area (Å²) in [4.78, 5) is 0. The Morgan fingerprint density at radius 2 is 1.55 bits per heavy atom. The van der Waals surface area contributed by atoms with Crippen LogP contribution in [0.15, 0.2) is 84.6 Å². The maximum absolute atomic E-state index is 3.41. The molecule has 0 saturated carbocycles. The number of nitrogens with one attached hydrogen (secondary N) is 1. The summed E-state index contributed by atoms with van der Waals surface area (Å²) in [6.45, 7) is 4.25. The van der Waals surface area contributed by atoms with Gasteiger partial charge in [0.15, 0.2) is 0 Å². The van der Waals surface area contributed by atoms with Crippen LogP contribution in [0.4, 0.5) is 5.69 Å². The zero-order valence-corrected chi connectivity index (χ0v) is 12.1. The van der Waals surface area contributed by atoms with E-state index in [1.165, 1.54) is 5.56 Å². The van der Waals surface area contributed by atoms with Gasteiger partial charge in [0.25, 0.3) is 0 Å². The van der Waals surface area contributed by atoms with Crippen molar-refractivity contribution in [2.24, 2.45) is 0 Å². The van der Waals surface area contributed by atoms with Crippen molar-refractivity contribution >= 4 is 5.69 Å². The van der Waals surface area contributed by atoms with E-state index in [9.17, 15) is 0 Å². The van der Waals surface area contributed by atoms with E-state index < -0.39 is 0 Å². The summed E-state index contributed by atoms with van der Waals surface area (Å²) in [5, 5.41) is 3.41. The van der Waals surface area contributed by atoms with Crippen molar-refractivity contribution in [1.29, 1.82) is 0 Å². The lowest BCUT2D eigenvalue weighted by atomic mass is 10.0. The fraction of sp³-hybridized carbons (Fsp3) is 0.158. The summed E-state index contributed by atoms with van der Waals surface area (Å²) in [5.74, 6) is 0.406. The van der Waals surface area contributed by atoms with Gasteiger partial charge in [-0.25, -0.2) is 0 Å². The second-order valence-electron chi connectivity index (χ2n) is 4.79. The zero-order valence-electron chi connectivity index (χ0n) is 12.1. The average molecular weight is 263 g/mol. The lowest BCUT2D eigenvalue weighted by molar-refractivity contribution is 0.966. The van der Waals surface area contributed by atoms with Gasteiger partial charge >= 0.3 is 0 Å². The van der Waals surface area contributed by atoms with Crippen LogP contribution in [0, 0.1) is 0 Å². The molecular weight excluding hydrogens is 242 g/mol. The molecule has 2 rings (SSSR count). The molecular formula is C19H21N. The highest BCUT2D eigenvalue weighted by molar-refractivity contribution is 5.50. The van der Waals surface area contributed by atoms with Crippen LogP contribution in [0.5, 0.6) is 0 Å². The van der Waals surface area contributed by atoms with E-state index in [4.69, 9.17) is 0 Å².